The molecule has 1 aromatic rings. The first-order valence-corrected chi connectivity index (χ1v) is 10.2. The zero-order chi connectivity index (χ0) is 20.4. The van der Waals surface area contributed by atoms with Gasteiger partial charge in [-0.05, 0) is 52.8 Å². The third-order valence-electron chi connectivity index (χ3n) is 5.46. The highest BCUT2D eigenvalue weighted by atomic mass is 32.2. The summed E-state index contributed by atoms with van der Waals surface area (Å²) in [5.74, 6) is 0.384. The number of nitrogens with zero attached hydrogens (tertiary/aromatic N) is 1. The molecule has 0 saturated heterocycles. The van der Waals surface area contributed by atoms with Crippen LogP contribution < -0.4 is 15.8 Å². The summed E-state index contributed by atoms with van der Waals surface area (Å²) in [6, 6.07) is 5.03. The van der Waals surface area contributed by atoms with Gasteiger partial charge in [0.2, 0.25) is 0 Å². The standard InChI is InChI=1S/C18H25N3O5S/c1-16(2)9-13-18(5,11-8-10(19)6-7-12(11)26-16)21-14(20-15(22)23)17(3,4)27(13,24)25/h6-8,13H,9,19H2,1-5H3,(H,20,21)(H,22,23)/t13-,18+/m0/s1. The Labute approximate surface area is 158 Å². The minimum absolute atomic E-state index is 0.109. The number of benzene rings is 1. The van der Waals surface area contributed by atoms with Crippen molar-refractivity contribution in [1.82, 2.24) is 5.32 Å². The molecule has 2 aliphatic heterocycles. The number of carbonyl (C=O) groups is 1. The van der Waals surface area contributed by atoms with Gasteiger partial charge in [-0.2, -0.15) is 0 Å². The van der Waals surface area contributed by atoms with Crippen LogP contribution in [-0.4, -0.2) is 41.1 Å². The number of ether oxygens (including phenoxy) is 1. The number of fused-ring (bicyclic) bond motifs is 3. The first-order valence-electron chi connectivity index (χ1n) is 8.63. The van der Waals surface area contributed by atoms with Crippen LogP contribution in [0.2, 0.25) is 0 Å². The normalized spacial score (nSPS) is 30.0. The summed E-state index contributed by atoms with van der Waals surface area (Å²) in [6.45, 7) is 8.29. The van der Waals surface area contributed by atoms with E-state index in [0.29, 0.717) is 17.0 Å². The van der Waals surface area contributed by atoms with Crippen molar-refractivity contribution in [3.05, 3.63) is 23.8 Å². The molecular weight excluding hydrogens is 370 g/mol. The van der Waals surface area contributed by atoms with Crippen LogP contribution >= 0.6 is 0 Å². The van der Waals surface area contributed by atoms with E-state index in [1.54, 1.807) is 25.1 Å². The van der Waals surface area contributed by atoms with E-state index in [1.807, 2.05) is 13.8 Å². The third-order valence-corrected chi connectivity index (χ3v) is 8.46. The van der Waals surface area contributed by atoms with Gasteiger partial charge in [0, 0.05) is 17.7 Å². The number of aliphatic imine (C=N–C) groups is 1. The minimum atomic E-state index is -3.84. The molecular formula is C18H25N3O5S. The molecule has 0 bridgehead atoms. The predicted octanol–water partition coefficient (Wildman–Crippen LogP) is 2.29. The lowest BCUT2D eigenvalue weighted by atomic mass is 9.84. The molecule has 4 N–H and O–H groups in total. The number of amidine groups is 1. The average Bonchev–Trinajstić information content (AvgIpc) is 2.59. The van der Waals surface area contributed by atoms with E-state index >= 15 is 0 Å². The van der Waals surface area contributed by atoms with Crippen LogP contribution in [-0.2, 0) is 15.4 Å². The summed E-state index contributed by atoms with van der Waals surface area (Å²) in [5.41, 5.74) is 4.92. The van der Waals surface area contributed by atoms with Gasteiger partial charge in [0.15, 0.2) is 9.84 Å². The smallest absolute Gasteiger partial charge is 0.410 e. The van der Waals surface area contributed by atoms with Crippen molar-refractivity contribution < 1.29 is 23.1 Å². The zero-order valence-electron chi connectivity index (χ0n) is 16.0. The van der Waals surface area contributed by atoms with Crippen molar-refractivity contribution in [2.75, 3.05) is 5.73 Å². The summed E-state index contributed by atoms with van der Waals surface area (Å²) < 4.78 is 31.8. The Kier molecular flexibility index (Phi) is 4.04. The molecule has 2 aliphatic rings. The Morgan fingerprint density at radius 3 is 2.52 bits per heavy atom. The number of sulfone groups is 1. The number of hydrogen-bond acceptors (Lipinski definition) is 6. The molecule has 0 fully saturated rings. The van der Waals surface area contributed by atoms with Crippen LogP contribution in [0.25, 0.3) is 0 Å². The van der Waals surface area contributed by atoms with Gasteiger partial charge in [-0.3, -0.25) is 10.3 Å². The van der Waals surface area contributed by atoms with Crippen LogP contribution in [0.3, 0.4) is 0 Å². The second-order valence-corrected chi connectivity index (χ2v) is 11.1. The zero-order valence-corrected chi connectivity index (χ0v) is 16.8. The molecule has 0 spiro atoms. The lowest BCUT2D eigenvalue weighted by Crippen LogP contribution is -2.62. The van der Waals surface area contributed by atoms with Gasteiger partial charge in [-0.25, -0.2) is 13.2 Å². The predicted molar refractivity (Wildman–Crippen MR) is 103 cm³/mol. The molecule has 1 amide bonds. The fourth-order valence-electron chi connectivity index (χ4n) is 3.87. The van der Waals surface area contributed by atoms with E-state index in [0.717, 1.165) is 0 Å². The SMILES string of the molecule is CC1(C)C[C@H]2[C@](C)(N=C(NC(=O)O)C(C)(C)S2(=O)=O)c2cc(N)ccc2O1. The maximum Gasteiger partial charge on any atom is 0.410 e. The Bertz CT molecular complexity index is 952. The lowest BCUT2D eigenvalue weighted by Gasteiger charge is -2.44. The van der Waals surface area contributed by atoms with Crippen molar-refractivity contribution in [3.63, 3.8) is 0 Å². The Hall–Kier alpha value is -2.29. The highest BCUT2D eigenvalue weighted by molar-refractivity contribution is 7.94. The maximum absolute atomic E-state index is 13.6. The Morgan fingerprint density at radius 2 is 1.93 bits per heavy atom. The van der Waals surface area contributed by atoms with Crippen LogP contribution in [0.5, 0.6) is 5.75 Å². The number of nitrogens with one attached hydrogen (secondary N) is 1. The minimum Gasteiger partial charge on any atom is -0.487 e. The number of rotatable bonds is 0. The number of hydrogen-bond donors (Lipinski definition) is 3. The van der Waals surface area contributed by atoms with Crippen molar-refractivity contribution in [1.29, 1.82) is 0 Å². The summed E-state index contributed by atoms with van der Waals surface area (Å²) >= 11 is 0. The van der Waals surface area contributed by atoms with E-state index in [-0.39, 0.29) is 12.3 Å². The van der Waals surface area contributed by atoms with Crippen molar-refractivity contribution in [2.45, 2.75) is 62.2 Å². The van der Waals surface area contributed by atoms with Crippen molar-refractivity contribution >= 4 is 27.5 Å². The number of amides is 1. The largest absolute Gasteiger partial charge is 0.487 e. The monoisotopic (exact) mass is 395 g/mol. The number of carboxylic acid groups (broad SMARTS) is 1. The van der Waals surface area contributed by atoms with Crippen LogP contribution in [0.1, 0.15) is 46.6 Å². The molecule has 2 atom stereocenters. The molecule has 0 radical (unpaired) electrons. The number of anilines is 1. The second kappa shape index (κ2) is 5.60. The van der Waals surface area contributed by atoms with Gasteiger partial charge >= 0.3 is 6.09 Å². The van der Waals surface area contributed by atoms with Gasteiger partial charge in [0.1, 0.15) is 27.5 Å². The topological polar surface area (TPSA) is 131 Å². The first-order chi connectivity index (χ1) is 12.2. The summed E-state index contributed by atoms with van der Waals surface area (Å²) in [6.07, 6.45) is -1.16. The molecule has 148 valence electrons. The van der Waals surface area contributed by atoms with Crippen molar-refractivity contribution in [3.8, 4) is 5.75 Å². The number of nitrogens with two attached hydrogens (primary N) is 1. The van der Waals surface area contributed by atoms with Gasteiger partial charge in [-0.1, -0.05) is 0 Å². The lowest BCUT2D eigenvalue weighted by molar-refractivity contribution is 0.101. The highest BCUT2D eigenvalue weighted by Crippen LogP contribution is 2.51. The van der Waals surface area contributed by atoms with Crippen LogP contribution in [0.4, 0.5) is 10.5 Å². The molecule has 0 unspecified atom stereocenters. The molecule has 3 rings (SSSR count). The van der Waals surface area contributed by atoms with Crippen LogP contribution in [0.15, 0.2) is 23.2 Å². The summed E-state index contributed by atoms with van der Waals surface area (Å²) in [7, 11) is -3.84. The quantitative estimate of drug-likeness (QED) is 0.578. The van der Waals surface area contributed by atoms with Gasteiger partial charge in [0.25, 0.3) is 0 Å². The third kappa shape index (κ3) is 2.84. The van der Waals surface area contributed by atoms with E-state index in [4.69, 9.17) is 10.5 Å². The summed E-state index contributed by atoms with van der Waals surface area (Å²) in [5, 5.41) is 10.5. The van der Waals surface area contributed by atoms with E-state index in [2.05, 4.69) is 10.3 Å². The molecule has 0 aromatic heterocycles. The van der Waals surface area contributed by atoms with E-state index in [9.17, 15) is 18.3 Å². The van der Waals surface area contributed by atoms with Gasteiger partial charge in [0.05, 0.1) is 5.25 Å². The molecule has 8 nitrogen and oxygen atoms in total. The molecule has 27 heavy (non-hydrogen) atoms. The highest BCUT2D eigenvalue weighted by Gasteiger charge is 2.60. The average molecular weight is 395 g/mol. The Morgan fingerprint density at radius 1 is 1.30 bits per heavy atom. The second-order valence-electron chi connectivity index (χ2n) is 8.40. The molecule has 1 aromatic carbocycles. The van der Waals surface area contributed by atoms with E-state index < -0.39 is 37.1 Å². The molecule has 2 heterocycles. The fourth-order valence-corrected chi connectivity index (χ4v) is 6.35. The maximum atomic E-state index is 13.6. The molecule has 0 aliphatic carbocycles. The molecule has 9 heteroatoms. The summed E-state index contributed by atoms with van der Waals surface area (Å²) in [4.78, 5) is 15.9. The Balaban J connectivity index is 2.39. The van der Waals surface area contributed by atoms with Gasteiger partial charge < -0.3 is 15.6 Å². The van der Waals surface area contributed by atoms with E-state index in [1.165, 1.54) is 13.8 Å². The molecule has 0 saturated carbocycles. The van der Waals surface area contributed by atoms with Gasteiger partial charge in [-0.15, -0.1) is 0 Å². The van der Waals surface area contributed by atoms with Crippen LogP contribution in [0, 0.1) is 0 Å². The fraction of sp³-hybridized carbons (Fsp3) is 0.556. The van der Waals surface area contributed by atoms with Crippen molar-refractivity contribution in [2.24, 2.45) is 4.99 Å². The first kappa shape index (κ1) is 19.5. The number of nitrogen functional groups attached to an aromatic ring is 1.